The number of carboxylic acids is 1. The molecule has 0 aliphatic heterocycles. The van der Waals surface area contributed by atoms with E-state index in [1.165, 1.54) is 22.2 Å². The molecule has 0 aromatic carbocycles. The second kappa shape index (κ2) is 5.05. The lowest BCUT2D eigenvalue weighted by Crippen LogP contribution is -2.21. The highest BCUT2D eigenvalue weighted by atomic mass is 32.1. The van der Waals surface area contributed by atoms with Crippen molar-refractivity contribution in [2.75, 3.05) is 0 Å². The van der Waals surface area contributed by atoms with Gasteiger partial charge in [0.05, 0.1) is 24.0 Å². The van der Waals surface area contributed by atoms with Gasteiger partial charge in [0.15, 0.2) is 0 Å². The van der Waals surface area contributed by atoms with Crippen molar-refractivity contribution in [3.05, 3.63) is 43.2 Å². The zero-order chi connectivity index (χ0) is 15.1. The van der Waals surface area contributed by atoms with Gasteiger partial charge in [-0.3, -0.25) is 9.36 Å². The summed E-state index contributed by atoms with van der Waals surface area (Å²) < 4.78 is 1.46. The van der Waals surface area contributed by atoms with E-state index in [-0.39, 0.29) is 17.1 Å². The Morgan fingerprint density at radius 2 is 2.19 bits per heavy atom. The van der Waals surface area contributed by atoms with Gasteiger partial charge in [-0.15, -0.1) is 22.7 Å². The van der Waals surface area contributed by atoms with Gasteiger partial charge in [-0.2, -0.15) is 0 Å². The Labute approximate surface area is 127 Å². The van der Waals surface area contributed by atoms with Gasteiger partial charge in [0.2, 0.25) is 5.01 Å². The third kappa shape index (κ3) is 2.36. The van der Waals surface area contributed by atoms with Crippen LogP contribution >= 0.6 is 22.7 Å². The topological polar surface area (TPSA) is 85.1 Å². The SMILES string of the molecule is Cc1sc2ncn(Cc3csc(C(=O)O)n3)c(=O)c2c1C. The van der Waals surface area contributed by atoms with E-state index in [1.54, 1.807) is 5.38 Å². The Morgan fingerprint density at radius 1 is 1.43 bits per heavy atom. The average Bonchev–Trinajstić information content (AvgIpc) is 3.00. The van der Waals surface area contributed by atoms with E-state index in [0.29, 0.717) is 11.1 Å². The van der Waals surface area contributed by atoms with Gasteiger partial charge in [0.25, 0.3) is 5.56 Å². The van der Waals surface area contributed by atoms with Crippen molar-refractivity contribution < 1.29 is 9.90 Å². The number of carbonyl (C=O) groups is 1. The van der Waals surface area contributed by atoms with Crippen molar-refractivity contribution in [1.29, 1.82) is 0 Å². The van der Waals surface area contributed by atoms with E-state index in [1.807, 2.05) is 13.8 Å². The number of carboxylic acid groups (broad SMARTS) is 1. The Bertz CT molecular complexity index is 907. The number of aromatic nitrogens is 3. The Morgan fingerprint density at radius 3 is 2.86 bits per heavy atom. The highest BCUT2D eigenvalue weighted by Crippen LogP contribution is 2.25. The molecule has 0 aliphatic rings. The molecule has 0 atom stereocenters. The van der Waals surface area contributed by atoms with Gasteiger partial charge < -0.3 is 5.11 Å². The molecule has 0 saturated carbocycles. The van der Waals surface area contributed by atoms with Crippen molar-refractivity contribution in [3.8, 4) is 0 Å². The molecule has 21 heavy (non-hydrogen) atoms. The molecule has 108 valence electrons. The number of aryl methyl sites for hydroxylation is 2. The lowest BCUT2D eigenvalue weighted by atomic mass is 10.2. The van der Waals surface area contributed by atoms with Crippen LogP contribution in [0.1, 0.15) is 25.9 Å². The first-order chi connectivity index (χ1) is 9.97. The molecule has 0 unspecified atom stereocenters. The fourth-order valence-electron chi connectivity index (χ4n) is 2.03. The highest BCUT2D eigenvalue weighted by molar-refractivity contribution is 7.18. The van der Waals surface area contributed by atoms with Gasteiger partial charge >= 0.3 is 5.97 Å². The van der Waals surface area contributed by atoms with E-state index < -0.39 is 5.97 Å². The molecule has 0 fully saturated rings. The van der Waals surface area contributed by atoms with Crippen molar-refractivity contribution in [2.45, 2.75) is 20.4 Å². The van der Waals surface area contributed by atoms with Crippen LogP contribution in [0.25, 0.3) is 10.2 Å². The average molecular weight is 321 g/mol. The maximum Gasteiger partial charge on any atom is 0.365 e. The number of rotatable bonds is 3. The first kappa shape index (κ1) is 13.9. The summed E-state index contributed by atoms with van der Waals surface area (Å²) >= 11 is 2.55. The maximum absolute atomic E-state index is 12.5. The van der Waals surface area contributed by atoms with Gasteiger partial charge in [-0.05, 0) is 19.4 Å². The molecule has 3 aromatic rings. The molecule has 0 bridgehead atoms. The van der Waals surface area contributed by atoms with Crippen LogP contribution in [0.15, 0.2) is 16.5 Å². The summed E-state index contributed by atoms with van der Waals surface area (Å²) in [7, 11) is 0. The van der Waals surface area contributed by atoms with Crippen LogP contribution in [0.4, 0.5) is 0 Å². The van der Waals surface area contributed by atoms with E-state index in [0.717, 1.165) is 26.6 Å². The van der Waals surface area contributed by atoms with Gasteiger partial charge in [-0.25, -0.2) is 14.8 Å². The van der Waals surface area contributed by atoms with Crippen molar-refractivity contribution in [1.82, 2.24) is 14.5 Å². The molecule has 0 spiro atoms. The molecule has 0 saturated heterocycles. The largest absolute Gasteiger partial charge is 0.476 e. The van der Waals surface area contributed by atoms with E-state index in [2.05, 4.69) is 9.97 Å². The standard InChI is InChI=1S/C13H11N3O3S2/c1-6-7(2)21-10-9(6)12(17)16(5-14-10)3-8-4-20-11(15-8)13(18)19/h4-5H,3H2,1-2H3,(H,18,19). The summed E-state index contributed by atoms with van der Waals surface area (Å²) in [6.07, 6.45) is 1.49. The molecule has 8 heteroatoms. The minimum Gasteiger partial charge on any atom is -0.476 e. The number of hydrogen-bond donors (Lipinski definition) is 1. The molecule has 0 aliphatic carbocycles. The molecule has 1 N–H and O–H groups in total. The molecule has 0 amide bonds. The first-order valence-corrected chi connectivity index (χ1v) is 7.80. The second-order valence-corrected chi connectivity index (χ2v) is 6.65. The van der Waals surface area contributed by atoms with Crippen molar-refractivity contribution in [3.63, 3.8) is 0 Å². The van der Waals surface area contributed by atoms with Gasteiger partial charge in [-0.1, -0.05) is 0 Å². The van der Waals surface area contributed by atoms with Gasteiger partial charge in [0.1, 0.15) is 4.83 Å². The number of thiophene rings is 1. The summed E-state index contributed by atoms with van der Waals surface area (Å²) in [6.45, 7) is 4.10. The Kier molecular flexibility index (Phi) is 3.34. The third-order valence-electron chi connectivity index (χ3n) is 3.22. The molecular weight excluding hydrogens is 310 g/mol. The first-order valence-electron chi connectivity index (χ1n) is 6.10. The van der Waals surface area contributed by atoms with Crippen LogP contribution in [0.5, 0.6) is 0 Å². The van der Waals surface area contributed by atoms with Crippen LogP contribution in [0.3, 0.4) is 0 Å². The summed E-state index contributed by atoms with van der Waals surface area (Å²) in [5.41, 5.74) is 1.38. The number of aromatic carboxylic acids is 1. The van der Waals surface area contributed by atoms with Gasteiger partial charge in [0, 0.05) is 10.3 Å². The smallest absolute Gasteiger partial charge is 0.365 e. The van der Waals surface area contributed by atoms with Crippen LogP contribution in [0.2, 0.25) is 0 Å². The number of hydrogen-bond acceptors (Lipinski definition) is 6. The molecule has 0 radical (unpaired) electrons. The molecular formula is C13H11N3O3S2. The minimum atomic E-state index is -1.06. The monoisotopic (exact) mass is 321 g/mol. The highest BCUT2D eigenvalue weighted by Gasteiger charge is 2.14. The van der Waals surface area contributed by atoms with Crippen LogP contribution in [0, 0.1) is 13.8 Å². The van der Waals surface area contributed by atoms with Crippen LogP contribution in [-0.2, 0) is 6.54 Å². The normalized spacial score (nSPS) is 11.1. The molecule has 3 heterocycles. The van der Waals surface area contributed by atoms with E-state index in [4.69, 9.17) is 5.11 Å². The maximum atomic E-state index is 12.5. The summed E-state index contributed by atoms with van der Waals surface area (Å²) in [6, 6.07) is 0. The summed E-state index contributed by atoms with van der Waals surface area (Å²) in [5.74, 6) is -1.06. The molecule has 3 rings (SSSR count). The Hall–Kier alpha value is -2.06. The summed E-state index contributed by atoms with van der Waals surface area (Å²) in [5, 5.41) is 11.2. The zero-order valence-corrected chi connectivity index (χ0v) is 12.9. The number of thiazole rings is 1. The summed E-state index contributed by atoms with van der Waals surface area (Å²) in [4.78, 5) is 33.4. The third-order valence-corrected chi connectivity index (χ3v) is 5.22. The van der Waals surface area contributed by atoms with Crippen molar-refractivity contribution in [2.24, 2.45) is 0 Å². The quantitative estimate of drug-likeness (QED) is 0.800. The number of nitrogens with zero attached hydrogens (tertiary/aromatic N) is 3. The molecule has 6 nitrogen and oxygen atoms in total. The van der Waals surface area contributed by atoms with Crippen LogP contribution < -0.4 is 5.56 Å². The predicted molar refractivity (Wildman–Crippen MR) is 81.5 cm³/mol. The van der Waals surface area contributed by atoms with E-state index >= 15 is 0 Å². The lowest BCUT2D eigenvalue weighted by Gasteiger charge is -2.02. The predicted octanol–water partition coefficient (Wildman–Crippen LogP) is 2.28. The minimum absolute atomic E-state index is 0.0228. The van der Waals surface area contributed by atoms with Crippen LogP contribution in [-0.4, -0.2) is 25.6 Å². The fraction of sp³-hybridized carbons (Fsp3) is 0.231. The molecule has 3 aromatic heterocycles. The lowest BCUT2D eigenvalue weighted by molar-refractivity contribution is 0.0696. The number of fused-ring (bicyclic) bond motifs is 1. The second-order valence-electron chi connectivity index (χ2n) is 4.59. The van der Waals surface area contributed by atoms with Crippen molar-refractivity contribution >= 4 is 38.9 Å². The van der Waals surface area contributed by atoms with E-state index in [9.17, 15) is 9.59 Å². The fourth-order valence-corrected chi connectivity index (χ4v) is 3.67. The Balaban J connectivity index is 2.04. The zero-order valence-electron chi connectivity index (χ0n) is 11.3.